The molecule has 0 atom stereocenters. The lowest BCUT2D eigenvalue weighted by Gasteiger charge is -2.05. The molecule has 11 heavy (non-hydrogen) atoms. The molecule has 0 aliphatic carbocycles. The first-order valence-electron chi connectivity index (χ1n) is 2.62. The summed E-state index contributed by atoms with van der Waals surface area (Å²) in [7, 11) is 0. The van der Waals surface area contributed by atoms with Gasteiger partial charge in [0.05, 0.1) is 9.26 Å². The van der Waals surface area contributed by atoms with Crippen LogP contribution in [0.4, 0.5) is 5.69 Å². The van der Waals surface area contributed by atoms with Gasteiger partial charge in [0.2, 0.25) is 0 Å². The number of hydrogen-bond donors (Lipinski definition) is 1. The van der Waals surface area contributed by atoms with Gasteiger partial charge in [-0.25, -0.2) is 0 Å². The van der Waals surface area contributed by atoms with Crippen LogP contribution in [-0.4, -0.2) is 0 Å². The molecule has 0 unspecified atom stereocenters. The SMILES string of the molecule is Nc1c(I)cc(I)c(I)c1I. The minimum Gasteiger partial charge on any atom is -0.397 e. The normalized spacial score (nSPS) is 10.2. The third kappa shape index (κ3) is 2.45. The maximum absolute atomic E-state index is 5.83. The summed E-state index contributed by atoms with van der Waals surface area (Å²) in [5, 5.41) is 0. The van der Waals surface area contributed by atoms with Crippen LogP contribution < -0.4 is 5.73 Å². The Kier molecular flexibility index (Phi) is 4.45. The topological polar surface area (TPSA) is 26.0 Å². The molecule has 1 aromatic rings. The van der Waals surface area contributed by atoms with Crippen molar-refractivity contribution in [2.75, 3.05) is 5.73 Å². The first-order chi connectivity index (χ1) is 5.04. The molecule has 0 aliphatic rings. The van der Waals surface area contributed by atoms with Crippen molar-refractivity contribution in [1.82, 2.24) is 0 Å². The molecular formula is C6H3I4N. The van der Waals surface area contributed by atoms with E-state index >= 15 is 0 Å². The van der Waals surface area contributed by atoms with Crippen LogP contribution in [0.1, 0.15) is 0 Å². The van der Waals surface area contributed by atoms with E-state index in [0.717, 1.165) is 9.26 Å². The van der Waals surface area contributed by atoms with Gasteiger partial charge in [0.1, 0.15) is 0 Å². The fourth-order valence-electron chi connectivity index (χ4n) is 0.580. The number of nitrogens with two attached hydrogens (primary N) is 1. The van der Waals surface area contributed by atoms with E-state index in [1.165, 1.54) is 10.7 Å². The highest BCUT2D eigenvalue weighted by Gasteiger charge is 2.08. The Morgan fingerprint density at radius 1 is 0.909 bits per heavy atom. The molecule has 0 aliphatic heterocycles. The molecule has 0 radical (unpaired) electrons. The van der Waals surface area contributed by atoms with E-state index in [9.17, 15) is 0 Å². The van der Waals surface area contributed by atoms with Gasteiger partial charge in [-0.1, -0.05) is 0 Å². The molecule has 5 heteroatoms. The second-order valence-electron chi connectivity index (χ2n) is 1.88. The highest BCUT2D eigenvalue weighted by atomic mass is 127. The van der Waals surface area contributed by atoms with Gasteiger partial charge in [0, 0.05) is 10.7 Å². The maximum Gasteiger partial charge on any atom is 0.0596 e. The van der Waals surface area contributed by atoms with Gasteiger partial charge < -0.3 is 5.73 Å². The van der Waals surface area contributed by atoms with E-state index < -0.39 is 0 Å². The van der Waals surface area contributed by atoms with Crippen molar-refractivity contribution in [1.29, 1.82) is 0 Å². The third-order valence-electron chi connectivity index (χ3n) is 1.15. The Balaban J connectivity index is 3.46. The highest BCUT2D eigenvalue weighted by Crippen LogP contribution is 2.30. The standard InChI is InChI=1S/C6H3I4N/c7-2-1-3(8)6(11)5(10)4(2)9/h1H,11H2. The van der Waals surface area contributed by atoms with E-state index in [4.69, 9.17) is 5.73 Å². The third-order valence-corrected chi connectivity index (χ3v) is 7.20. The molecule has 2 N–H and O–H groups in total. The van der Waals surface area contributed by atoms with Gasteiger partial charge in [0.15, 0.2) is 0 Å². The summed E-state index contributed by atoms with van der Waals surface area (Å²) in [4.78, 5) is 0. The summed E-state index contributed by atoms with van der Waals surface area (Å²) in [6.07, 6.45) is 0. The monoisotopic (exact) mass is 597 g/mol. The van der Waals surface area contributed by atoms with Crippen LogP contribution in [0.3, 0.4) is 0 Å². The first kappa shape index (κ1) is 11.0. The molecule has 0 heterocycles. The van der Waals surface area contributed by atoms with Crippen molar-refractivity contribution in [3.63, 3.8) is 0 Å². The lowest BCUT2D eigenvalue weighted by atomic mass is 10.3. The van der Waals surface area contributed by atoms with Crippen molar-refractivity contribution in [3.8, 4) is 0 Å². The molecule has 1 nitrogen and oxygen atoms in total. The Morgan fingerprint density at radius 3 is 2.00 bits per heavy atom. The molecule has 60 valence electrons. The number of halogens is 4. The Bertz CT molecular complexity index is 271. The second-order valence-corrected chi connectivity index (χ2v) is 6.36. The van der Waals surface area contributed by atoms with E-state index in [-0.39, 0.29) is 0 Å². The second kappa shape index (κ2) is 4.44. The van der Waals surface area contributed by atoms with Gasteiger partial charge in [-0.3, -0.25) is 0 Å². The smallest absolute Gasteiger partial charge is 0.0596 e. The lowest BCUT2D eigenvalue weighted by Crippen LogP contribution is -1.97. The van der Waals surface area contributed by atoms with Crippen LogP contribution in [-0.2, 0) is 0 Å². The van der Waals surface area contributed by atoms with Crippen molar-refractivity contribution in [3.05, 3.63) is 20.3 Å². The number of benzene rings is 1. The molecule has 0 fully saturated rings. The number of hydrogen-bond acceptors (Lipinski definition) is 1. The quantitative estimate of drug-likeness (QED) is 0.210. The molecule has 1 rings (SSSR count). The molecular weight excluding hydrogens is 594 g/mol. The number of anilines is 1. The van der Waals surface area contributed by atoms with Gasteiger partial charge in [-0.05, 0) is 96.4 Å². The first-order valence-corrected chi connectivity index (χ1v) is 6.94. The lowest BCUT2D eigenvalue weighted by molar-refractivity contribution is 1.48. The molecule has 0 bridgehead atoms. The Labute approximate surface area is 120 Å². The number of rotatable bonds is 0. The zero-order chi connectivity index (χ0) is 8.59. The molecule has 0 saturated heterocycles. The summed E-state index contributed by atoms with van der Waals surface area (Å²) in [5.74, 6) is 0. The van der Waals surface area contributed by atoms with Crippen LogP contribution in [0.5, 0.6) is 0 Å². The van der Waals surface area contributed by atoms with Crippen LogP contribution in [0.2, 0.25) is 0 Å². The van der Waals surface area contributed by atoms with Crippen molar-refractivity contribution in [2.24, 2.45) is 0 Å². The summed E-state index contributed by atoms with van der Waals surface area (Å²) >= 11 is 9.16. The maximum atomic E-state index is 5.83. The summed E-state index contributed by atoms with van der Waals surface area (Å²) < 4.78 is 4.82. The fourth-order valence-corrected chi connectivity index (χ4v) is 4.40. The Morgan fingerprint density at radius 2 is 1.45 bits per heavy atom. The highest BCUT2D eigenvalue weighted by molar-refractivity contribution is 14.1. The summed E-state index contributed by atoms with van der Waals surface area (Å²) in [6, 6.07) is 2.10. The molecule has 0 amide bonds. The van der Waals surface area contributed by atoms with E-state index in [2.05, 4.69) is 96.4 Å². The van der Waals surface area contributed by atoms with Crippen molar-refractivity contribution >= 4 is 96.1 Å². The van der Waals surface area contributed by atoms with E-state index in [1.807, 2.05) is 0 Å². The van der Waals surface area contributed by atoms with Crippen LogP contribution in [0.25, 0.3) is 0 Å². The molecule has 0 saturated carbocycles. The predicted octanol–water partition coefficient (Wildman–Crippen LogP) is 3.69. The average molecular weight is 597 g/mol. The fraction of sp³-hybridized carbons (Fsp3) is 0. The minimum absolute atomic E-state index is 0.899. The van der Waals surface area contributed by atoms with Crippen LogP contribution in [0, 0.1) is 14.3 Å². The average Bonchev–Trinajstić information content (AvgIpc) is 1.97. The number of nitrogen functional groups attached to an aromatic ring is 1. The van der Waals surface area contributed by atoms with Gasteiger partial charge in [-0.2, -0.15) is 0 Å². The van der Waals surface area contributed by atoms with E-state index in [0.29, 0.717) is 0 Å². The zero-order valence-electron chi connectivity index (χ0n) is 5.17. The van der Waals surface area contributed by atoms with Crippen LogP contribution >= 0.6 is 90.4 Å². The summed E-state index contributed by atoms with van der Waals surface area (Å²) in [5.41, 5.74) is 6.73. The predicted molar refractivity (Wildman–Crippen MR) is 81.7 cm³/mol. The van der Waals surface area contributed by atoms with Gasteiger partial charge >= 0.3 is 0 Å². The largest absolute Gasteiger partial charge is 0.397 e. The van der Waals surface area contributed by atoms with Gasteiger partial charge in [-0.15, -0.1) is 0 Å². The molecule has 0 spiro atoms. The molecule has 1 aromatic carbocycles. The van der Waals surface area contributed by atoms with E-state index in [1.54, 1.807) is 0 Å². The minimum atomic E-state index is 0.899. The van der Waals surface area contributed by atoms with Gasteiger partial charge in [0.25, 0.3) is 0 Å². The summed E-state index contributed by atoms with van der Waals surface area (Å²) in [6.45, 7) is 0. The van der Waals surface area contributed by atoms with Crippen molar-refractivity contribution in [2.45, 2.75) is 0 Å². The molecule has 0 aromatic heterocycles. The van der Waals surface area contributed by atoms with Crippen molar-refractivity contribution < 1.29 is 0 Å². The Hall–Kier alpha value is 1.94. The zero-order valence-corrected chi connectivity index (χ0v) is 13.8. The van der Waals surface area contributed by atoms with Crippen LogP contribution in [0.15, 0.2) is 6.07 Å².